The van der Waals surface area contributed by atoms with Crippen molar-refractivity contribution in [2.75, 3.05) is 11.5 Å². The van der Waals surface area contributed by atoms with E-state index in [1.54, 1.807) is 13.8 Å². The molecule has 0 aromatic rings. The van der Waals surface area contributed by atoms with Crippen LogP contribution >= 0.6 is 0 Å². The zero-order chi connectivity index (χ0) is 15.3. The predicted octanol–water partition coefficient (Wildman–Crippen LogP) is -0.0696. The molecule has 0 radical (unpaired) electrons. The SMILES string of the molecule is CC(=O)N[C@@H](CS(=O)(=O)CCC(C)(C)C#N)C(=O)O. The Morgan fingerprint density at radius 2 is 1.95 bits per heavy atom. The molecule has 1 atom stereocenters. The monoisotopic (exact) mass is 290 g/mol. The molecule has 0 saturated carbocycles. The molecule has 1 amide bonds. The van der Waals surface area contributed by atoms with E-state index >= 15 is 0 Å². The minimum Gasteiger partial charge on any atom is -0.480 e. The lowest BCUT2D eigenvalue weighted by Crippen LogP contribution is -2.45. The van der Waals surface area contributed by atoms with Gasteiger partial charge in [-0.3, -0.25) is 4.79 Å². The van der Waals surface area contributed by atoms with Crippen molar-refractivity contribution >= 4 is 21.7 Å². The van der Waals surface area contributed by atoms with Gasteiger partial charge in [0, 0.05) is 6.92 Å². The van der Waals surface area contributed by atoms with Gasteiger partial charge in [0.15, 0.2) is 9.84 Å². The zero-order valence-electron chi connectivity index (χ0n) is 11.1. The molecule has 2 N–H and O–H groups in total. The highest BCUT2D eigenvalue weighted by Gasteiger charge is 2.28. The van der Waals surface area contributed by atoms with Gasteiger partial charge in [-0.15, -0.1) is 0 Å². The first kappa shape index (κ1) is 17.4. The number of hydrogen-bond donors (Lipinski definition) is 2. The van der Waals surface area contributed by atoms with Crippen LogP contribution in [0.5, 0.6) is 0 Å². The third-order valence-corrected chi connectivity index (χ3v) is 4.10. The summed E-state index contributed by atoms with van der Waals surface area (Å²) in [5, 5.41) is 19.7. The molecule has 0 rings (SSSR count). The quantitative estimate of drug-likeness (QED) is 0.676. The van der Waals surface area contributed by atoms with Crippen LogP contribution in [0.3, 0.4) is 0 Å². The first-order valence-electron chi connectivity index (χ1n) is 5.61. The van der Waals surface area contributed by atoms with E-state index < -0.39 is 38.9 Å². The van der Waals surface area contributed by atoms with Crippen LogP contribution in [0.1, 0.15) is 27.2 Å². The Bertz CT molecular complexity index is 490. The molecule has 0 spiro atoms. The Labute approximate surface area is 112 Å². The molecule has 0 aliphatic rings. The van der Waals surface area contributed by atoms with Crippen molar-refractivity contribution in [3.63, 3.8) is 0 Å². The molecule has 0 aromatic heterocycles. The summed E-state index contributed by atoms with van der Waals surface area (Å²) in [5.74, 6) is -2.99. The molecular weight excluding hydrogens is 272 g/mol. The van der Waals surface area contributed by atoms with E-state index in [0.717, 1.165) is 6.92 Å². The molecule has 19 heavy (non-hydrogen) atoms. The number of carbonyl (C=O) groups is 2. The number of carboxylic acid groups (broad SMARTS) is 1. The first-order valence-corrected chi connectivity index (χ1v) is 7.43. The van der Waals surface area contributed by atoms with Crippen molar-refractivity contribution in [1.29, 1.82) is 5.26 Å². The van der Waals surface area contributed by atoms with Crippen LogP contribution in [0.25, 0.3) is 0 Å². The predicted molar refractivity (Wildman–Crippen MR) is 67.9 cm³/mol. The van der Waals surface area contributed by atoms with Crippen LogP contribution in [0, 0.1) is 16.7 Å². The van der Waals surface area contributed by atoms with E-state index in [-0.39, 0.29) is 12.2 Å². The van der Waals surface area contributed by atoms with E-state index in [2.05, 4.69) is 5.32 Å². The number of rotatable bonds is 7. The number of amides is 1. The minimum absolute atomic E-state index is 0.109. The van der Waals surface area contributed by atoms with E-state index in [4.69, 9.17) is 10.4 Å². The molecule has 0 heterocycles. The third kappa shape index (κ3) is 7.41. The van der Waals surface area contributed by atoms with Gasteiger partial charge in [0.05, 0.1) is 23.0 Å². The fourth-order valence-electron chi connectivity index (χ4n) is 1.22. The number of nitrogens with one attached hydrogen (secondary N) is 1. The maximum atomic E-state index is 11.8. The number of nitriles is 1. The molecule has 0 saturated heterocycles. The average Bonchev–Trinajstić information content (AvgIpc) is 2.25. The number of carbonyl (C=O) groups excluding carboxylic acids is 1. The Morgan fingerprint density at radius 1 is 1.42 bits per heavy atom. The summed E-state index contributed by atoms with van der Waals surface area (Å²) in [7, 11) is -3.66. The van der Waals surface area contributed by atoms with Crippen molar-refractivity contribution < 1.29 is 23.1 Å². The summed E-state index contributed by atoms with van der Waals surface area (Å²) in [6.45, 7) is 4.32. The average molecular weight is 290 g/mol. The summed E-state index contributed by atoms with van der Waals surface area (Å²) in [6.07, 6.45) is 0.109. The fraction of sp³-hybridized carbons (Fsp3) is 0.727. The highest BCUT2D eigenvalue weighted by atomic mass is 32.2. The first-order chi connectivity index (χ1) is 8.49. The Morgan fingerprint density at radius 3 is 2.32 bits per heavy atom. The standard InChI is InChI=1S/C11H18N2O5S/c1-8(14)13-9(10(15)16)6-19(17,18)5-4-11(2,3)7-12/h9H,4-6H2,1-3H3,(H,13,14)(H,15,16)/t9-/m0/s1. The highest BCUT2D eigenvalue weighted by Crippen LogP contribution is 2.19. The van der Waals surface area contributed by atoms with E-state index in [9.17, 15) is 18.0 Å². The van der Waals surface area contributed by atoms with Crippen molar-refractivity contribution in [2.24, 2.45) is 5.41 Å². The second-order valence-corrected chi connectivity index (χ2v) is 7.18. The largest absolute Gasteiger partial charge is 0.480 e. The molecule has 8 heteroatoms. The molecular formula is C11H18N2O5S. The summed E-state index contributed by atoms with van der Waals surface area (Å²) in [4.78, 5) is 21.6. The summed E-state index contributed by atoms with van der Waals surface area (Å²) in [5.41, 5.74) is -0.792. The third-order valence-electron chi connectivity index (χ3n) is 2.44. The molecule has 0 aromatic carbocycles. The van der Waals surface area contributed by atoms with Gasteiger partial charge in [0.1, 0.15) is 6.04 Å². The normalized spacial score (nSPS) is 13.4. The fourth-order valence-corrected chi connectivity index (χ4v) is 2.95. The molecule has 0 unspecified atom stereocenters. The van der Waals surface area contributed by atoms with Crippen LogP contribution in [0.2, 0.25) is 0 Å². The van der Waals surface area contributed by atoms with Crippen molar-refractivity contribution in [1.82, 2.24) is 5.32 Å². The van der Waals surface area contributed by atoms with Gasteiger partial charge in [0.25, 0.3) is 0 Å². The topological polar surface area (TPSA) is 124 Å². The minimum atomic E-state index is -3.66. The summed E-state index contributed by atoms with van der Waals surface area (Å²) in [6, 6.07) is 0.507. The lowest BCUT2D eigenvalue weighted by molar-refractivity contribution is -0.140. The Hall–Kier alpha value is -1.62. The molecule has 0 bridgehead atoms. The van der Waals surface area contributed by atoms with Gasteiger partial charge in [-0.2, -0.15) is 5.26 Å². The lowest BCUT2D eigenvalue weighted by Gasteiger charge is -2.17. The van der Waals surface area contributed by atoms with Gasteiger partial charge in [-0.05, 0) is 20.3 Å². The number of hydrogen-bond acceptors (Lipinski definition) is 5. The van der Waals surface area contributed by atoms with Gasteiger partial charge in [-0.1, -0.05) is 0 Å². The molecule has 0 fully saturated rings. The number of carboxylic acids is 1. The van der Waals surface area contributed by atoms with Gasteiger partial charge < -0.3 is 10.4 Å². The van der Waals surface area contributed by atoms with Gasteiger partial charge in [-0.25, -0.2) is 13.2 Å². The van der Waals surface area contributed by atoms with Crippen molar-refractivity contribution in [3.05, 3.63) is 0 Å². The second-order valence-electron chi connectivity index (χ2n) is 4.95. The summed E-state index contributed by atoms with van der Waals surface area (Å²) < 4.78 is 23.5. The molecule has 0 aliphatic carbocycles. The summed E-state index contributed by atoms with van der Waals surface area (Å²) >= 11 is 0. The maximum absolute atomic E-state index is 11.8. The molecule has 108 valence electrons. The maximum Gasteiger partial charge on any atom is 0.327 e. The van der Waals surface area contributed by atoms with Crippen molar-refractivity contribution in [2.45, 2.75) is 33.2 Å². The van der Waals surface area contributed by atoms with E-state index in [0.29, 0.717) is 0 Å². The Kier molecular flexibility index (Phi) is 5.96. The molecule has 7 nitrogen and oxygen atoms in total. The lowest BCUT2D eigenvalue weighted by atomic mass is 9.93. The van der Waals surface area contributed by atoms with Gasteiger partial charge >= 0.3 is 5.97 Å². The van der Waals surface area contributed by atoms with E-state index in [1.807, 2.05) is 6.07 Å². The highest BCUT2D eigenvalue weighted by molar-refractivity contribution is 7.91. The van der Waals surface area contributed by atoms with E-state index in [1.165, 1.54) is 0 Å². The smallest absolute Gasteiger partial charge is 0.327 e. The number of nitrogens with zero attached hydrogens (tertiary/aromatic N) is 1. The van der Waals surface area contributed by atoms with Crippen LogP contribution < -0.4 is 5.32 Å². The second kappa shape index (κ2) is 6.52. The van der Waals surface area contributed by atoms with Crippen LogP contribution in [-0.2, 0) is 19.4 Å². The number of sulfone groups is 1. The molecule has 0 aliphatic heterocycles. The van der Waals surface area contributed by atoms with Crippen LogP contribution in [0.4, 0.5) is 0 Å². The van der Waals surface area contributed by atoms with Gasteiger partial charge in [0.2, 0.25) is 5.91 Å². The number of aliphatic carboxylic acids is 1. The zero-order valence-corrected chi connectivity index (χ0v) is 12.0. The van der Waals surface area contributed by atoms with Crippen LogP contribution in [0.15, 0.2) is 0 Å². The van der Waals surface area contributed by atoms with Crippen LogP contribution in [-0.4, -0.2) is 42.9 Å². The van der Waals surface area contributed by atoms with Crippen molar-refractivity contribution in [3.8, 4) is 6.07 Å². The Balaban J connectivity index is 4.71.